The summed E-state index contributed by atoms with van der Waals surface area (Å²) in [5, 5.41) is 0. The maximum atomic E-state index is 12.8. The van der Waals surface area contributed by atoms with E-state index in [1.807, 2.05) is 19.1 Å². The molecule has 0 aromatic heterocycles. The maximum absolute atomic E-state index is 12.8. The number of carbonyl (C=O) groups is 1. The van der Waals surface area contributed by atoms with E-state index >= 15 is 0 Å². The van der Waals surface area contributed by atoms with E-state index in [1.54, 1.807) is 0 Å². The van der Waals surface area contributed by atoms with Gasteiger partial charge in [-0.1, -0.05) is 31.5 Å². The van der Waals surface area contributed by atoms with Crippen LogP contribution >= 0.6 is 0 Å². The zero-order valence-electron chi connectivity index (χ0n) is 12.6. The topological polar surface area (TPSA) is 26.3 Å². The van der Waals surface area contributed by atoms with Gasteiger partial charge < -0.3 is 4.74 Å². The summed E-state index contributed by atoms with van der Waals surface area (Å²) in [6.45, 7) is 6.23. The molecule has 1 aliphatic heterocycles. The Bertz CT molecular complexity index is 504. The molecule has 4 atom stereocenters. The first-order valence-corrected chi connectivity index (χ1v) is 7.87. The molecule has 1 saturated heterocycles. The predicted octanol–water partition coefficient (Wildman–Crippen LogP) is 4.20. The van der Waals surface area contributed by atoms with Crippen molar-refractivity contribution >= 4 is 5.78 Å². The minimum Gasteiger partial charge on any atom is -0.374 e. The second kappa shape index (κ2) is 5.33. The quantitative estimate of drug-likeness (QED) is 0.771. The molecule has 2 heteroatoms. The lowest BCUT2D eigenvalue weighted by atomic mass is 9.78. The highest BCUT2D eigenvalue weighted by molar-refractivity contribution is 5.98. The van der Waals surface area contributed by atoms with Gasteiger partial charge in [-0.2, -0.15) is 0 Å². The van der Waals surface area contributed by atoms with E-state index in [0.29, 0.717) is 11.8 Å². The Morgan fingerprint density at radius 2 is 1.90 bits per heavy atom. The largest absolute Gasteiger partial charge is 0.374 e. The molecule has 0 amide bonds. The SMILES string of the molecule is CC1OC(C)C(C(=O)c2cccc(C3CCC3)c2)C1C. The summed E-state index contributed by atoms with van der Waals surface area (Å²) in [5.41, 5.74) is 2.21. The van der Waals surface area contributed by atoms with Crippen molar-refractivity contribution in [1.29, 1.82) is 0 Å². The van der Waals surface area contributed by atoms with Crippen LogP contribution in [0, 0.1) is 11.8 Å². The van der Waals surface area contributed by atoms with Crippen LogP contribution in [0.25, 0.3) is 0 Å². The number of rotatable bonds is 3. The van der Waals surface area contributed by atoms with E-state index in [4.69, 9.17) is 4.74 Å². The van der Waals surface area contributed by atoms with Gasteiger partial charge in [0.05, 0.1) is 18.1 Å². The highest BCUT2D eigenvalue weighted by Gasteiger charge is 2.41. The third-order valence-corrected chi connectivity index (χ3v) is 5.29. The monoisotopic (exact) mass is 272 g/mol. The van der Waals surface area contributed by atoms with Crippen LogP contribution in [0.5, 0.6) is 0 Å². The highest BCUT2D eigenvalue weighted by Crippen LogP contribution is 2.38. The average Bonchev–Trinajstić information content (AvgIpc) is 2.61. The molecule has 0 N–H and O–H groups in total. The van der Waals surface area contributed by atoms with Gasteiger partial charge in [0.15, 0.2) is 5.78 Å². The zero-order valence-corrected chi connectivity index (χ0v) is 12.6. The Kier molecular flexibility index (Phi) is 3.68. The molecule has 2 nitrogen and oxygen atoms in total. The predicted molar refractivity (Wildman–Crippen MR) is 80.0 cm³/mol. The summed E-state index contributed by atoms with van der Waals surface area (Å²) in [5.74, 6) is 1.23. The van der Waals surface area contributed by atoms with Crippen molar-refractivity contribution in [3.05, 3.63) is 35.4 Å². The van der Waals surface area contributed by atoms with Crippen molar-refractivity contribution in [3.8, 4) is 0 Å². The van der Waals surface area contributed by atoms with Gasteiger partial charge in [-0.15, -0.1) is 0 Å². The summed E-state index contributed by atoms with van der Waals surface area (Å²) in [4.78, 5) is 12.8. The first kappa shape index (κ1) is 13.8. The van der Waals surface area contributed by atoms with Crippen LogP contribution in [0.2, 0.25) is 0 Å². The zero-order chi connectivity index (χ0) is 14.3. The third-order valence-electron chi connectivity index (χ3n) is 5.29. The molecule has 2 aliphatic rings. The molecule has 1 saturated carbocycles. The Labute approximate surface area is 121 Å². The van der Waals surface area contributed by atoms with E-state index in [9.17, 15) is 4.79 Å². The maximum Gasteiger partial charge on any atom is 0.168 e. The molecule has 1 aromatic carbocycles. The van der Waals surface area contributed by atoms with Crippen molar-refractivity contribution in [2.45, 2.75) is 58.2 Å². The molecule has 1 aliphatic carbocycles. The number of Topliss-reactive ketones (excluding diaryl/α,β-unsaturated/α-hetero) is 1. The van der Waals surface area contributed by atoms with Crippen LogP contribution in [0.1, 0.15) is 61.9 Å². The van der Waals surface area contributed by atoms with Crippen molar-refractivity contribution in [3.63, 3.8) is 0 Å². The van der Waals surface area contributed by atoms with Gasteiger partial charge in [0.1, 0.15) is 0 Å². The Morgan fingerprint density at radius 1 is 1.15 bits per heavy atom. The molecule has 0 bridgehead atoms. The number of ether oxygens (including phenoxy) is 1. The van der Waals surface area contributed by atoms with Crippen LogP contribution in [0.4, 0.5) is 0 Å². The van der Waals surface area contributed by atoms with Crippen LogP contribution in [-0.4, -0.2) is 18.0 Å². The lowest BCUT2D eigenvalue weighted by Gasteiger charge is -2.26. The molecular formula is C18H24O2. The highest BCUT2D eigenvalue weighted by atomic mass is 16.5. The summed E-state index contributed by atoms with van der Waals surface area (Å²) in [7, 11) is 0. The van der Waals surface area contributed by atoms with Gasteiger partial charge in [0.25, 0.3) is 0 Å². The van der Waals surface area contributed by atoms with Crippen LogP contribution in [-0.2, 0) is 4.74 Å². The minimum atomic E-state index is 0.00152. The van der Waals surface area contributed by atoms with Crippen molar-refractivity contribution in [1.82, 2.24) is 0 Å². The molecule has 3 rings (SSSR count). The Balaban J connectivity index is 1.83. The average molecular weight is 272 g/mol. The number of carbonyl (C=O) groups excluding carboxylic acids is 1. The molecule has 0 spiro atoms. The van der Waals surface area contributed by atoms with Gasteiger partial charge in [0.2, 0.25) is 0 Å². The first-order chi connectivity index (χ1) is 9.58. The first-order valence-electron chi connectivity index (χ1n) is 7.87. The smallest absolute Gasteiger partial charge is 0.168 e. The molecule has 0 radical (unpaired) electrons. The standard InChI is InChI=1S/C18H24O2/c1-11-12(2)20-13(3)17(11)18(19)16-9-5-8-15(10-16)14-6-4-7-14/h5,8-14,17H,4,6-7H2,1-3H3. The molecule has 4 unspecified atom stereocenters. The fourth-order valence-corrected chi connectivity index (χ4v) is 3.60. The van der Waals surface area contributed by atoms with Crippen LogP contribution in [0.15, 0.2) is 24.3 Å². The van der Waals surface area contributed by atoms with Crippen molar-refractivity contribution in [2.75, 3.05) is 0 Å². The van der Waals surface area contributed by atoms with E-state index in [2.05, 4.69) is 26.0 Å². The normalized spacial score (nSPS) is 34.0. The van der Waals surface area contributed by atoms with Gasteiger partial charge >= 0.3 is 0 Å². The Morgan fingerprint density at radius 3 is 2.45 bits per heavy atom. The van der Waals surface area contributed by atoms with Gasteiger partial charge in [-0.3, -0.25) is 4.79 Å². The fourth-order valence-electron chi connectivity index (χ4n) is 3.60. The number of ketones is 1. The summed E-state index contributed by atoms with van der Waals surface area (Å²) in [6, 6.07) is 8.29. The summed E-state index contributed by atoms with van der Waals surface area (Å²) >= 11 is 0. The summed E-state index contributed by atoms with van der Waals surface area (Å²) < 4.78 is 5.82. The van der Waals surface area contributed by atoms with Gasteiger partial charge in [-0.25, -0.2) is 0 Å². The fraction of sp³-hybridized carbons (Fsp3) is 0.611. The molecule has 2 fully saturated rings. The lowest BCUT2D eigenvalue weighted by molar-refractivity contribution is 0.0491. The van der Waals surface area contributed by atoms with Crippen molar-refractivity contribution in [2.24, 2.45) is 11.8 Å². The van der Waals surface area contributed by atoms with E-state index in [1.165, 1.54) is 24.8 Å². The molecular weight excluding hydrogens is 248 g/mol. The summed E-state index contributed by atoms with van der Waals surface area (Å²) in [6.07, 6.45) is 4.07. The minimum absolute atomic E-state index is 0.00152. The van der Waals surface area contributed by atoms with Crippen LogP contribution < -0.4 is 0 Å². The molecule has 1 heterocycles. The van der Waals surface area contributed by atoms with Gasteiger partial charge in [-0.05, 0) is 50.2 Å². The second-order valence-corrected chi connectivity index (χ2v) is 6.55. The Hall–Kier alpha value is -1.15. The lowest BCUT2D eigenvalue weighted by Crippen LogP contribution is -2.27. The van der Waals surface area contributed by atoms with Crippen LogP contribution in [0.3, 0.4) is 0 Å². The second-order valence-electron chi connectivity index (χ2n) is 6.55. The number of hydrogen-bond acceptors (Lipinski definition) is 2. The number of benzene rings is 1. The molecule has 1 aromatic rings. The molecule has 108 valence electrons. The van der Waals surface area contributed by atoms with E-state index < -0.39 is 0 Å². The van der Waals surface area contributed by atoms with Crippen molar-refractivity contribution < 1.29 is 9.53 Å². The van der Waals surface area contributed by atoms with E-state index in [0.717, 1.165) is 5.56 Å². The van der Waals surface area contributed by atoms with Gasteiger partial charge in [0, 0.05) is 5.56 Å². The number of hydrogen-bond donors (Lipinski definition) is 0. The molecule has 20 heavy (non-hydrogen) atoms. The third kappa shape index (κ3) is 2.31. The van der Waals surface area contributed by atoms with E-state index in [-0.39, 0.29) is 23.9 Å².